The van der Waals surface area contributed by atoms with Crippen LogP contribution in [0.2, 0.25) is 0 Å². The van der Waals surface area contributed by atoms with E-state index in [0.717, 1.165) is 18.7 Å². The van der Waals surface area contributed by atoms with Crippen molar-refractivity contribution in [3.8, 4) is 12.3 Å². The lowest BCUT2D eigenvalue weighted by Crippen LogP contribution is -2.27. The van der Waals surface area contributed by atoms with Crippen molar-refractivity contribution in [3.05, 3.63) is 29.8 Å². The lowest BCUT2D eigenvalue weighted by Gasteiger charge is -2.06. The van der Waals surface area contributed by atoms with Crippen LogP contribution in [0.3, 0.4) is 0 Å². The molecule has 5 heteroatoms. The fourth-order valence-corrected chi connectivity index (χ4v) is 2.06. The molecule has 1 aromatic carbocycles. The average Bonchev–Trinajstić information content (AvgIpc) is 2.33. The van der Waals surface area contributed by atoms with Crippen molar-refractivity contribution in [1.82, 2.24) is 10.6 Å². The maximum absolute atomic E-state index is 11.3. The molecule has 0 spiro atoms. The SMILES string of the molecule is C#CCNCCNCc1ccc(S(C)(=O)=O)cc1. The summed E-state index contributed by atoms with van der Waals surface area (Å²) in [5, 5.41) is 6.31. The van der Waals surface area contributed by atoms with Gasteiger partial charge in [0.25, 0.3) is 0 Å². The van der Waals surface area contributed by atoms with Gasteiger partial charge < -0.3 is 10.6 Å². The highest BCUT2D eigenvalue weighted by Gasteiger charge is 2.05. The highest BCUT2D eigenvalue weighted by molar-refractivity contribution is 7.90. The molecule has 0 amide bonds. The first-order valence-electron chi connectivity index (χ1n) is 5.68. The monoisotopic (exact) mass is 266 g/mol. The number of nitrogens with one attached hydrogen (secondary N) is 2. The predicted molar refractivity (Wildman–Crippen MR) is 73.0 cm³/mol. The Kier molecular flexibility index (Phi) is 5.86. The van der Waals surface area contributed by atoms with E-state index in [4.69, 9.17) is 6.42 Å². The minimum absolute atomic E-state index is 0.349. The van der Waals surface area contributed by atoms with Crippen molar-refractivity contribution >= 4 is 9.84 Å². The van der Waals surface area contributed by atoms with Gasteiger partial charge in [0.1, 0.15) is 0 Å². The lowest BCUT2D eigenvalue weighted by molar-refractivity contribution is 0.601. The van der Waals surface area contributed by atoms with Gasteiger partial charge in [0.15, 0.2) is 9.84 Å². The summed E-state index contributed by atoms with van der Waals surface area (Å²) in [5.74, 6) is 2.50. The molecule has 0 fully saturated rings. The summed E-state index contributed by atoms with van der Waals surface area (Å²) >= 11 is 0. The third-order valence-corrected chi connectivity index (χ3v) is 3.51. The van der Waals surface area contributed by atoms with E-state index in [2.05, 4.69) is 16.6 Å². The Morgan fingerprint density at radius 1 is 1.17 bits per heavy atom. The van der Waals surface area contributed by atoms with E-state index in [1.54, 1.807) is 12.1 Å². The molecule has 1 aromatic rings. The fraction of sp³-hybridized carbons (Fsp3) is 0.385. The molecule has 0 heterocycles. The van der Waals surface area contributed by atoms with Crippen molar-refractivity contribution in [2.24, 2.45) is 0 Å². The van der Waals surface area contributed by atoms with E-state index in [9.17, 15) is 8.42 Å². The molecule has 0 aliphatic heterocycles. The molecule has 2 N–H and O–H groups in total. The van der Waals surface area contributed by atoms with Crippen molar-refractivity contribution < 1.29 is 8.42 Å². The van der Waals surface area contributed by atoms with Crippen molar-refractivity contribution in [2.45, 2.75) is 11.4 Å². The summed E-state index contributed by atoms with van der Waals surface area (Å²) < 4.78 is 22.5. The Labute approximate surface area is 109 Å². The molecule has 4 nitrogen and oxygen atoms in total. The summed E-state index contributed by atoms with van der Waals surface area (Å²) in [6.45, 7) is 2.91. The van der Waals surface area contributed by atoms with Crippen LogP contribution in [0.15, 0.2) is 29.2 Å². The van der Waals surface area contributed by atoms with Gasteiger partial charge in [-0.1, -0.05) is 18.1 Å². The standard InChI is InChI=1S/C13H18N2O2S/c1-3-8-14-9-10-15-11-12-4-6-13(7-5-12)18(2,16)17/h1,4-7,14-15H,8-11H2,2H3. The van der Waals surface area contributed by atoms with Crippen LogP contribution in [0.25, 0.3) is 0 Å². The molecule has 18 heavy (non-hydrogen) atoms. The Morgan fingerprint density at radius 3 is 2.33 bits per heavy atom. The molecule has 98 valence electrons. The van der Waals surface area contributed by atoms with Gasteiger partial charge >= 0.3 is 0 Å². The van der Waals surface area contributed by atoms with Crippen molar-refractivity contribution in [2.75, 3.05) is 25.9 Å². The number of benzene rings is 1. The Hall–Kier alpha value is -1.35. The molecule has 0 saturated heterocycles. The number of hydrogen-bond acceptors (Lipinski definition) is 4. The summed E-state index contributed by atoms with van der Waals surface area (Å²) in [7, 11) is -3.10. The van der Waals surface area contributed by atoms with Crippen LogP contribution in [-0.2, 0) is 16.4 Å². The molecular formula is C13H18N2O2S. The third kappa shape index (κ3) is 5.32. The van der Waals surface area contributed by atoms with E-state index in [0.29, 0.717) is 18.0 Å². The summed E-state index contributed by atoms with van der Waals surface area (Å²) in [5.41, 5.74) is 1.05. The number of sulfone groups is 1. The summed E-state index contributed by atoms with van der Waals surface area (Å²) in [6, 6.07) is 6.89. The molecule has 0 unspecified atom stereocenters. The lowest BCUT2D eigenvalue weighted by atomic mass is 10.2. The van der Waals surface area contributed by atoms with Gasteiger partial charge in [0, 0.05) is 25.9 Å². The van der Waals surface area contributed by atoms with Crippen LogP contribution in [0, 0.1) is 12.3 Å². The smallest absolute Gasteiger partial charge is 0.175 e. The number of rotatable bonds is 7. The highest BCUT2D eigenvalue weighted by Crippen LogP contribution is 2.09. The van der Waals surface area contributed by atoms with E-state index in [1.165, 1.54) is 6.26 Å². The first kappa shape index (κ1) is 14.7. The molecule has 0 aromatic heterocycles. The molecule has 0 aliphatic carbocycles. The fourth-order valence-electron chi connectivity index (χ4n) is 1.42. The zero-order valence-electron chi connectivity index (χ0n) is 10.4. The van der Waals surface area contributed by atoms with Gasteiger partial charge in [-0.3, -0.25) is 0 Å². The predicted octanol–water partition coefficient (Wildman–Crippen LogP) is 0.403. The molecular weight excluding hydrogens is 248 g/mol. The largest absolute Gasteiger partial charge is 0.311 e. The second kappa shape index (κ2) is 7.17. The number of terminal acetylenes is 1. The Balaban J connectivity index is 2.34. The Bertz CT molecular complexity index is 501. The second-order valence-electron chi connectivity index (χ2n) is 3.97. The molecule has 0 saturated carbocycles. The van der Waals surface area contributed by atoms with Gasteiger partial charge in [-0.15, -0.1) is 6.42 Å². The topological polar surface area (TPSA) is 58.2 Å². The van der Waals surface area contributed by atoms with Gasteiger partial charge in [-0.2, -0.15) is 0 Å². The maximum Gasteiger partial charge on any atom is 0.175 e. The minimum atomic E-state index is -3.10. The normalized spacial score (nSPS) is 11.1. The minimum Gasteiger partial charge on any atom is -0.311 e. The van der Waals surface area contributed by atoms with Gasteiger partial charge in [-0.05, 0) is 17.7 Å². The highest BCUT2D eigenvalue weighted by atomic mass is 32.2. The van der Waals surface area contributed by atoms with Gasteiger partial charge in [-0.25, -0.2) is 8.42 Å². The van der Waals surface area contributed by atoms with Crippen LogP contribution in [0.1, 0.15) is 5.56 Å². The zero-order valence-corrected chi connectivity index (χ0v) is 11.3. The van der Waals surface area contributed by atoms with Crippen molar-refractivity contribution in [3.63, 3.8) is 0 Å². The van der Waals surface area contributed by atoms with Crippen LogP contribution >= 0.6 is 0 Å². The average molecular weight is 266 g/mol. The van der Waals surface area contributed by atoms with Gasteiger partial charge in [0.2, 0.25) is 0 Å². The molecule has 0 atom stereocenters. The second-order valence-corrected chi connectivity index (χ2v) is 5.99. The van der Waals surface area contributed by atoms with Gasteiger partial charge in [0.05, 0.1) is 11.4 Å². The first-order chi connectivity index (χ1) is 8.54. The van der Waals surface area contributed by atoms with E-state index in [-0.39, 0.29) is 0 Å². The molecule has 0 aliphatic rings. The van der Waals surface area contributed by atoms with E-state index >= 15 is 0 Å². The zero-order chi connectivity index (χ0) is 13.4. The molecule has 0 bridgehead atoms. The Morgan fingerprint density at radius 2 is 1.78 bits per heavy atom. The quantitative estimate of drug-likeness (QED) is 0.554. The molecule has 0 radical (unpaired) electrons. The van der Waals surface area contributed by atoms with Crippen molar-refractivity contribution in [1.29, 1.82) is 0 Å². The summed E-state index contributed by atoms with van der Waals surface area (Å²) in [6.07, 6.45) is 6.31. The van der Waals surface area contributed by atoms with Crippen LogP contribution in [-0.4, -0.2) is 34.3 Å². The van der Waals surface area contributed by atoms with E-state index in [1.807, 2.05) is 12.1 Å². The molecule has 1 rings (SSSR count). The van der Waals surface area contributed by atoms with Crippen LogP contribution in [0.4, 0.5) is 0 Å². The van der Waals surface area contributed by atoms with Crippen LogP contribution < -0.4 is 10.6 Å². The maximum atomic E-state index is 11.3. The summed E-state index contributed by atoms with van der Waals surface area (Å²) in [4.78, 5) is 0.349. The number of hydrogen-bond donors (Lipinski definition) is 2. The van der Waals surface area contributed by atoms with E-state index < -0.39 is 9.84 Å². The first-order valence-corrected chi connectivity index (χ1v) is 7.57. The van der Waals surface area contributed by atoms with Crippen LogP contribution in [0.5, 0.6) is 0 Å². The third-order valence-electron chi connectivity index (χ3n) is 2.39.